The SMILES string of the molecule is COc1cc(OC)nc(Oc2ccccc2C(=O)N2CCC(Cc3ccc(NC(=O)Nc4cc(C(C)(C)C)nn4-c4ccc(C)cc4)cc3)CC2)n1. The molecule has 3 aromatic carbocycles. The standard InChI is InChI=1S/C40H45N7O5/c1-26-11-17-30(18-12-26)47-34(24-33(45-47)40(2,3)4)42-38(49)41-29-15-13-27(14-16-29)23-28-19-21-46(22-20-28)37(48)31-9-7-8-10-32(31)52-39-43-35(50-5)25-36(44-39)51-6/h7-18,24-25,28H,19-23H2,1-6H3,(H2,41,42,49). The maximum absolute atomic E-state index is 13.6. The molecule has 1 saturated heterocycles. The van der Waals surface area contributed by atoms with E-state index in [0.717, 1.165) is 36.2 Å². The van der Waals surface area contributed by atoms with Crippen LogP contribution in [0.3, 0.4) is 0 Å². The number of ether oxygens (including phenoxy) is 3. The Balaban J connectivity index is 1.03. The minimum Gasteiger partial charge on any atom is -0.481 e. The monoisotopic (exact) mass is 703 g/mol. The second-order valence-corrected chi connectivity index (χ2v) is 14.0. The molecule has 5 aromatic rings. The van der Waals surface area contributed by atoms with Crippen molar-refractivity contribution in [3.63, 3.8) is 0 Å². The third-order valence-corrected chi connectivity index (χ3v) is 9.03. The van der Waals surface area contributed by atoms with Crippen LogP contribution in [0.1, 0.15) is 60.8 Å². The number of anilines is 2. The van der Waals surface area contributed by atoms with Gasteiger partial charge in [-0.25, -0.2) is 9.48 Å². The van der Waals surface area contributed by atoms with Gasteiger partial charge in [0.2, 0.25) is 11.8 Å². The number of piperidine rings is 1. The molecule has 6 rings (SSSR count). The van der Waals surface area contributed by atoms with Crippen molar-refractivity contribution in [3.05, 3.63) is 107 Å². The van der Waals surface area contributed by atoms with Crippen LogP contribution in [0.15, 0.2) is 84.9 Å². The Morgan fingerprint density at radius 1 is 0.846 bits per heavy atom. The normalized spacial score (nSPS) is 13.4. The van der Waals surface area contributed by atoms with Crippen molar-refractivity contribution in [1.29, 1.82) is 0 Å². The number of likely N-dealkylation sites (tertiary alicyclic amines) is 1. The first kappa shape index (κ1) is 35.9. The molecule has 0 atom stereocenters. The number of methoxy groups -OCH3 is 2. The number of carbonyl (C=O) groups is 2. The summed E-state index contributed by atoms with van der Waals surface area (Å²) in [6.45, 7) is 9.60. The lowest BCUT2D eigenvalue weighted by Gasteiger charge is -2.32. The van der Waals surface area contributed by atoms with Gasteiger partial charge in [0.25, 0.3) is 5.91 Å². The topological polar surface area (TPSA) is 133 Å². The highest BCUT2D eigenvalue weighted by molar-refractivity contribution is 5.99. The highest BCUT2D eigenvalue weighted by Gasteiger charge is 2.26. The number of hydrogen-bond acceptors (Lipinski definition) is 8. The smallest absolute Gasteiger partial charge is 0.328 e. The van der Waals surface area contributed by atoms with Gasteiger partial charge in [0.15, 0.2) is 0 Å². The van der Waals surface area contributed by atoms with Crippen LogP contribution in [-0.4, -0.2) is 63.9 Å². The Bertz CT molecular complexity index is 1990. The van der Waals surface area contributed by atoms with E-state index in [9.17, 15) is 9.59 Å². The van der Waals surface area contributed by atoms with Crippen LogP contribution in [0.2, 0.25) is 0 Å². The van der Waals surface area contributed by atoms with Gasteiger partial charge in [-0.15, -0.1) is 0 Å². The lowest BCUT2D eigenvalue weighted by molar-refractivity contribution is 0.0687. The molecule has 1 fully saturated rings. The molecule has 1 aliphatic heterocycles. The van der Waals surface area contributed by atoms with E-state index in [1.807, 2.05) is 72.5 Å². The number of nitrogens with one attached hydrogen (secondary N) is 2. The van der Waals surface area contributed by atoms with Crippen molar-refractivity contribution >= 4 is 23.4 Å². The number of benzene rings is 3. The highest BCUT2D eigenvalue weighted by Crippen LogP contribution is 2.30. The number of amides is 3. The fraction of sp³-hybridized carbons (Fsp3) is 0.325. The highest BCUT2D eigenvalue weighted by atomic mass is 16.5. The van der Waals surface area contributed by atoms with Gasteiger partial charge >= 0.3 is 12.0 Å². The number of hydrogen-bond donors (Lipinski definition) is 2. The van der Waals surface area contributed by atoms with Crippen LogP contribution in [0, 0.1) is 12.8 Å². The molecule has 0 saturated carbocycles. The van der Waals surface area contributed by atoms with Gasteiger partial charge in [0.1, 0.15) is 11.6 Å². The average molecular weight is 704 g/mol. The van der Waals surface area contributed by atoms with Crippen LogP contribution in [0.5, 0.6) is 23.5 Å². The van der Waals surface area contributed by atoms with Crippen LogP contribution >= 0.6 is 0 Å². The van der Waals surface area contributed by atoms with E-state index in [4.69, 9.17) is 19.3 Å². The molecule has 12 nitrogen and oxygen atoms in total. The summed E-state index contributed by atoms with van der Waals surface area (Å²) in [4.78, 5) is 37.1. The molecule has 2 aromatic heterocycles. The molecule has 3 amide bonds. The number of nitrogens with zero attached hydrogens (tertiary/aromatic N) is 5. The van der Waals surface area contributed by atoms with Gasteiger partial charge < -0.3 is 24.4 Å². The van der Waals surface area contributed by atoms with Crippen LogP contribution < -0.4 is 24.8 Å². The average Bonchev–Trinajstić information content (AvgIpc) is 3.57. The van der Waals surface area contributed by atoms with E-state index in [2.05, 4.69) is 41.4 Å². The second kappa shape index (κ2) is 15.5. The Kier molecular flexibility index (Phi) is 10.7. The van der Waals surface area contributed by atoms with Gasteiger partial charge in [-0.05, 0) is 74.1 Å². The third kappa shape index (κ3) is 8.68. The largest absolute Gasteiger partial charge is 0.481 e. The summed E-state index contributed by atoms with van der Waals surface area (Å²) in [7, 11) is 2.99. The predicted octanol–water partition coefficient (Wildman–Crippen LogP) is 7.82. The fourth-order valence-electron chi connectivity index (χ4n) is 6.04. The van der Waals surface area contributed by atoms with Gasteiger partial charge in [0.05, 0.1) is 37.2 Å². The van der Waals surface area contributed by atoms with Gasteiger partial charge in [0, 0.05) is 30.3 Å². The summed E-state index contributed by atoms with van der Waals surface area (Å²) in [5.74, 6) is 1.85. The van der Waals surface area contributed by atoms with Gasteiger partial charge in [-0.2, -0.15) is 15.1 Å². The zero-order chi connectivity index (χ0) is 36.8. The van der Waals surface area contributed by atoms with Gasteiger partial charge in [-0.3, -0.25) is 10.1 Å². The lowest BCUT2D eigenvalue weighted by Crippen LogP contribution is -2.39. The summed E-state index contributed by atoms with van der Waals surface area (Å²) in [5, 5.41) is 10.7. The van der Waals surface area contributed by atoms with E-state index >= 15 is 0 Å². The van der Waals surface area contributed by atoms with E-state index in [-0.39, 0.29) is 35.1 Å². The lowest BCUT2D eigenvalue weighted by atomic mass is 9.90. The summed E-state index contributed by atoms with van der Waals surface area (Å²) in [6.07, 6.45) is 2.63. The summed E-state index contributed by atoms with van der Waals surface area (Å²) >= 11 is 0. The molecular weight excluding hydrogens is 658 g/mol. The van der Waals surface area contributed by atoms with Gasteiger partial charge in [-0.1, -0.05) is 62.7 Å². The number of para-hydroxylation sites is 1. The van der Waals surface area contributed by atoms with Crippen molar-refractivity contribution < 1.29 is 23.8 Å². The van der Waals surface area contributed by atoms with Crippen molar-refractivity contribution in [1.82, 2.24) is 24.6 Å². The first-order valence-corrected chi connectivity index (χ1v) is 17.4. The Morgan fingerprint density at radius 3 is 2.13 bits per heavy atom. The number of aromatic nitrogens is 4. The molecule has 12 heteroatoms. The molecule has 2 N–H and O–H groups in total. The van der Waals surface area contributed by atoms with Crippen molar-refractivity contribution in [3.8, 4) is 29.2 Å². The molecule has 270 valence electrons. The van der Waals surface area contributed by atoms with Crippen molar-refractivity contribution in [2.45, 2.75) is 52.4 Å². The van der Waals surface area contributed by atoms with E-state index in [0.29, 0.717) is 41.8 Å². The molecule has 52 heavy (non-hydrogen) atoms. The molecule has 3 heterocycles. The van der Waals surface area contributed by atoms with Crippen molar-refractivity contribution in [2.75, 3.05) is 37.9 Å². The molecule has 0 radical (unpaired) electrons. The summed E-state index contributed by atoms with van der Waals surface area (Å²) in [5.41, 5.74) is 5.02. The van der Waals surface area contributed by atoms with Crippen LogP contribution in [0.4, 0.5) is 16.3 Å². The van der Waals surface area contributed by atoms with Crippen molar-refractivity contribution in [2.24, 2.45) is 5.92 Å². The Labute approximate surface area is 304 Å². The molecule has 1 aliphatic rings. The maximum atomic E-state index is 13.6. The van der Waals surface area contributed by atoms with E-state index < -0.39 is 0 Å². The Hall–Kier alpha value is -5.91. The Morgan fingerprint density at radius 2 is 1.50 bits per heavy atom. The van der Waals surface area contributed by atoms with E-state index in [1.165, 1.54) is 19.8 Å². The first-order valence-electron chi connectivity index (χ1n) is 17.4. The number of carbonyl (C=O) groups excluding carboxylic acids is 2. The maximum Gasteiger partial charge on any atom is 0.328 e. The predicted molar refractivity (Wildman–Crippen MR) is 200 cm³/mol. The molecule has 0 aliphatic carbocycles. The number of aryl methyl sites for hydroxylation is 1. The number of rotatable bonds is 10. The minimum atomic E-state index is -0.346. The molecule has 0 spiro atoms. The summed E-state index contributed by atoms with van der Waals surface area (Å²) < 4.78 is 18.2. The zero-order valence-corrected chi connectivity index (χ0v) is 30.5. The quantitative estimate of drug-likeness (QED) is 0.151. The molecular formula is C40H45N7O5. The van der Waals surface area contributed by atoms with Crippen LogP contribution in [-0.2, 0) is 11.8 Å². The first-order chi connectivity index (χ1) is 25.0. The fourth-order valence-corrected chi connectivity index (χ4v) is 6.04. The summed E-state index contributed by atoms with van der Waals surface area (Å²) in [6, 6.07) is 26.2. The number of urea groups is 1. The minimum absolute atomic E-state index is 0.0252. The molecule has 0 unspecified atom stereocenters. The molecule has 0 bridgehead atoms. The second-order valence-electron chi connectivity index (χ2n) is 14.0. The zero-order valence-electron chi connectivity index (χ0n) is 30.5. The third-order valence-electron chi connectivity index (χ3n) is 9.03. The van der Waals surface area contributed by atoms with E-state index in [1.54, 1.807) is 28.9 Å². The van der Waals surface area contributed by atoms with Crippen LogP contribution in [0.25, 0.3) is 5.69 Å².